The summed E-state index contributed by atoms with van der Waals surface area (Å²) < 4.78 is 6.02. The van der Waals surface area contributed by atoms with Gasteiger partial charge in [0.25, 0.3) is 5.91 Å². The van der Waals surface area contributed by atoms with E-state index in [1.54, 1.807) is 0 Å². The fraction of sp³-hybridized carbons (Fsp3) is 0.667. The Kier molecular flexibility index (Phi) is 3.17. The Hall–Kier alpha value is -1.47. The van der Waals surface area contributed by atoms with Crippen molar-refractivity contribution < 1.29 is 14.3 Å². The average Bonchev–Trinajstić information content (AvgIpc) is 2.91. The molecule has 2 saturated heterocycles. The minimum Gasteiger partial charge on any atom is -0.367 e. The van der Waals surface area contributed by atoms with E-state index in [4.69, 9.17) is 4.74 Å². The number of ether oxygens (including phenoxy) is 1. The van der Waals surface area contributed by atoms with Crippen molar-refractivity contribution in [3.63, 3.8) is 0 Å². The number of rotatable bonds is 2. The second kappa shape index (κ2) is 4.52. The molecule has 2 aliphatic heterocycles. The predicted molar refractivity (Wildman–Crippen MR) is 82.5 cm³/mol. The number of thiazole rings is 1. The maximum absolute atomic E-state index is 13.0. The van der Waals surface area contributed by atoms with Gasteiger partial charge in [-0.25, -0.2) is 9.78 Å². The number of imide groups is 1. The van der Waals surface area contributed by atoms with Gasteiger partial charge in [0.1, 0.15) is 5.01 Å². The van der Waals surface area contributed by atoms with Gasteiger partial charge >= 0.3 is 6.03 Å². The molecule has 0 saturated carbocycles. The monoisotopic (exact) mass is 323 g/mol. The van der Waals surface area contributed by atoms with Crippen molar-refractivity contribution in [3.05, 3.63) is 16.1 Å². The van der Waals surface area contributed by atoms with Crippen LogP contribution in [0.3, 0.4) is 0 Å². The summed E-state index contributed by atoms with van der Waals surface area (Å²) >= 11 is 1.45. The first kappa shape index (κ1) is 15.4. The summed E-state index contributed by atoms with van der Waals surface area (Å²) in [5.74, 6) is -0.221. The molecule has 7 heteroatoms. The van der Waals surface area contributed by atoms with Crippen LogP contribution in [-0.4, -0.2) is 38.6 Å². The topological polar surface area (TPSA) is 71.5 Å². The van der Waals surface area contributed by atoms with Gasteiger partial charge in [-0.2, -0.15) is 0 Å². The number of aromatic nitrogens is 1. The van der Waals surface area contributed by atoms with E-state index in [9.17, 15) is 9.59 Å². The fourth-order valence-corrected chi connectivity index (χ4v) is 4.33. The summed E-state index contributed by atoms with van der Waals surface area (Å²) in [6.45, 7) is 9.70. The van der Waals surface area contributed by atoms with Gasteiger partial charge in [0.15, 0.2) is 5.54 Å². The third-order valence-electron chi connectivity index (χ3n) is 4.39. The van der Waals surface area contributed by atoms with Crippen molar-refractivity contribution in [2.45, 2.75) is 64.3 Å². The number of hydrogen-bond acceptors (Lipinski definition) is 5. The second-order valence-electron chi connectivity index (χ2n) is 7.16. The zero-order valence-electron chi connectivity index (χ0n) is 13.5. The second-order valence-corrected chi connectivity index (χ2v) is 8.10. The molecule has 6 nitrogen and oxygen atoms in total. The van der Waals surface area contributed by atoms with Crippen LogP contribution < -0.4 is 5.32 Å². The normalized spacial score (nSPS) is 29.4. The number of carbonyl (C=O) groups excluding carboxylic acids is 2. The van der Waals surface area contributed by atoms with Gasteiger partial charge in [0.05, 0.1) is 17.7 Å². The summed E-state index contributed by atoms with van der Waals surface area (Å²) in [6, 6.07) is -0.368. The third kappa shape index (κ3) is 2.14. The highest BCUT2D eigenvalue weighted by Crippen LogP contribution is 2.48. The molecule has 0 radical (unpaired) electrons. The zero-order chi connectivity index (χ0) is 16.3. The summed E-state index contributed by atoms with van der Waals surface area (Å²) in [6.07, 6.45) is 0.463. The summed E-state index contributed by atoms with van der Waals surface area (Å²) in [7, 11) is 0. The molecule has 3 heterocycles. The van der Waals surface area contributed by atoms with Crippen molar-refractivity contribution in [2.24, 2.45) is 0 Å². The van der Waals surface area contributed by atoms with Crippen molar-refractivity contribution >= 4 is 23.3 Å². The molecule has 3 rings (SSSR count). The highest BCUT2D eigenvalue weighted by atomic mass is 32.1. The Morgan fingerprint density at radius 3 is 2.55 bits per heavy atom. The highest BCUT2D eigenvalue weighted by Gasteiger charge is 2.67. The minimum atomic E-state index is -1.00. The molecule has 22 heavy (non-hydrogen) atoms. The quantitative estimate of drug-likeness (QED) is 0.847. The van der Waals surface area contributed by atoms with E-state index in [-0.39, 0.29) is 18.5 Å². The Bertz CT molecular complexity index is 652. The first-order valence-electron chi connectivity index (χ1n) is 7.32. The maximum Gasteiger partial charge on any atom is 0.325 e. The van der Waals surface area contributed by atoms with Gasteiger partial charge in [-0.3, -0.25) is 9.69 Å². The molecule has 1 atom stereocenters. The van der Waals surface area contributed by atoms with Crippen LogP contribution >= 0.6 is 11.3 Å². The number of carbonyl (C=O) groups is 2. The number of aryl methyl sites for hydroxylation is 1. The van der Waals surface area contributed by atoms with E-state index < -0.39 is 16.7 Å². The number of nitrogens with one attached hydrogen (secondary N) is 1. The van der Waals surface area contributed by atoms with Crippen LogP contribution in [0.25, 0.3) is 0 Å². The van der Waals surface area contributed by atoms with Crippen LogP contribution in [0.4, 0.5) is 4.79 Å². The van der Waals surface area contributed by atoms with E-state index in [0.29, 0.717) is 6.42 Å². The molecule has 2 fully saturated rings. The molecule has 120 valence electrons. The molecule has 1 spiro atoms. The maximum atomic E-state index is 13.0. The van der Waals surface area contributed by atoms with Gasteiger partial charge in [-0.1, -0.05) is 0 Å². The standard InChI is InChI=1S/C15H21N3O3S/c1-9-7-22-10(16-9)6-18-11(19)15(17-12(18)20)8-13(2,3)21-14(15,4)5/h7H,6,8H2,1-5H3,(H,17,20). The fourth-order valence-electron chi connectivity index (χ4n) is 3.57. The smallest absolute Gasteiger partial charge is 0.325 e. The molecule has 1 unspecified atom stereocenters. The van der Waals surface area contributed by atoms with E-state index in [2.05, 4.69) is 10.3 Å². The van der Waals surface area contributed by atoms with Gasteiger partial charge in [0.2, 0.25) is 0 Å². The molecular weight excluding hydrogens is 302 g/mol. The van der Waals surface area contributed by atoms with Crippen LogP contribution in [-0.2, 0) is 16.1 Å². The Morgan fingerprint density at radius 1 is 1.36 bits per heavy atom. The van der Waals surface area contributed by atoms with Crippen LogP contribution in [0.15, 0.2) is 5.38 Å². The number of amides is 3. The molecule has 0 bridgehead atoms. The van der Waals surface area contributed by atoms with Gasteiger partial charge in [-0.05, 0) is 34.6 Å². The SMILES string of the molecule is Cc1csc(CN2C(=O)NC3(CC(C)(C)OC3(C)C)C2=O)n1. The first-order chi connectivity index (χ1) is 10.1. The van der Waals surface area contributed by atoms with Crippen molar-refractivity contribution in [2.75, 3.05) is 0 Å². The molecule has 0 aliphatic carbocycles. The number of hydrogen-bond donors (Lipinski definition) is 1. The number of nitrogens with zero attached hydrogens (tertiary/aromatic N) is 2. The molecular formula is C15H21N3O3S. The van der Waals surface area contributed by atoms with Gasteiger partial charge in [-0.15, -0.1) is 11.3 Å². The lowest BCUT2D eigenvalue weighted by atomic mass is 9.79. The zero-order valence-corrected chi connectivity index (χ0v) is 14.3. The van der Waals surface area contributed by atoms with Crippen molar-refractivity contribution in [1.82, 2.24) is 15.2 Å². The Morgan fingerprint density at radius 2 is 2.05 bits per heavy atom. The lowest BCUT2D eigenvalue weighted by Gasteiger charge is -2.33. The van der Waals surface area contributed by atoms with Gasteiger partial charge in [0, 0.05) is 17.5 Å². The molecule has 0 aromatic carbocycles. The van der Waals surface area contributed by atoms with Crippen LogP contribution in [0.1, 0.15) is 44.8 Å². The molecule has 1 aromatic rings. The molecule has 3 amide bonds. The summed E-state index contributed by atoms with van der Waals surface area (Å²) in [4.78, 5) is 31.0. The summed E-state index contributed by atoms with van der Waals surface area (Å²) in [5, 5.41) is 5.56. The van der Waals surface area contributed by atoms with E-state index >= 15 is 0 Å². The largest absolute Gasteiger partial charge is 0.367 e. The van der Waals surface area contributed by atoms with Crippen LogP contribution in [0, 0.1) is 6.92 Å². The van der Waals surface area contributed by atoms with Crippen LogP contribution in [0.2, 0.25) is 0 Å². The van der Waals surface area contributed by atoms with Crippen molar-refractivity contribution in [1.29, 1.82) is 0 Å². The van der Waals surface area contributed by atoms with E-state index in [0.717, 1.165) is 10.7 Å². The average molecular weight is 323 g/mol. The lowest BCUT2D eigenvalue weighted by molar-refractivity contribution is -0.138. The number of urea groups is 1. The minimum absolute atomic E-state index is 0.210. The van der Waals surface area contributed by atoms with Gasteiger partial charge < -0.3 is 10.1 Å². The Labute approximate surface area is 133 Å². The van der Waals surface area contributed by atoms with E-state index in [1.807, 2.05) is 40.0 Å². The van der Waals surface area contributed by atoms with E-state index in [1.165, 1.54) is 16.2 Å². The molecule has 2 aliphatic rings. The Balaban J connectivity index is 1.91. The first-order valence-corrected chi connectivity index (χ1v) is 8.20. The summed E-state index contributed by atoms with van der Waals surface area (Å²) in [5.41, 5.74) is -1.32. The molecule has 1 N–H and O–H groups in total. The van der Waals surface area contributed by atoms with Crippen LogP contribution in [0.5, 0.6) is 0 Å². The predicted octanol–water partition coefficient (Wildman–Crippen LogP) is 2.22. The van der Waals surface area contributed by atoms with Crippen molar-refractivity contribution in [3.8, 4) is 0 Å². The highest BCUT2D eigenvalue weighted by molar-refractivity contribution is 7.09. The lowest BCUT2D eigenvalue weighted by Crippen LogP contribution is -2.59. The molecule has 1 aromatic heterocycles. The third-order valence-corrected chi connectivity index (χ3v) is 5.34.